The molecule has 7 nitrogen and oxygen atoms in total. The summed E-state index contributed by atoms with van der Waals surface area (Å²) in [5.74, 6) is 2.13. The fraction of sp³-hybridized carbons (Fsp3) is 0.368. The molecule has 0 saturated heterocycles. The van der Waals surface area contributed by atoms with E-state index in [0.717, 1.165) is 11.1 Å². The van der Waals surface area contributed by atoms with Crippen molar-refractivity contribution < 1.29 is 23.5 Å². The van der Waals surface area contributed by atoms with Gasteiger partial charge in [-0.1, -0.05) is 11.2 Å². The standard InChI is InChI=1S/C19H22N2O5/c1-12-9-17(26-20-12)19(22)21-7-5-13(6-8-21)18-15(24-3)10-14(23-2)11-16(18)25-4/h5,9-11H,6-8H2,1-4H3. The van der Waals surface area contributed by atoms with Crippen LogP contribution in [0.5, 0.6) is 17.2 Å². The number of hydrogen-bond acceptors (Lipinski definition) is 6. The third kappa shape index (κ3) is 3.37. The molecule has 0 unspecified atom stereocenters. The van der Waals surface area contributed by atoms with E-state index in [1.165, 1.54) is 0 Å². The Morgan fingerprint density at radius 3 is 2.27 bits per heavy atom. The van der Waals surface area contributed by atoms with Gasteiger partial charge in [0.15, 0.2) is 0 Å². The number of carbonyl (C=O) groups excluding carboxylic acids is 1. The van der Waals surface area contributed by atoms with Crippen LogP contribution in [0, 0.1) is 6.92 Å². The van der Waals surface area contributed by atoms with Gasteiger partial charge in [0.05, 0.1) is 32.6 Å². The predicted molar refractivity (Wildman–Crippen MR) is 95.8 cm³/mol. The second-order valence-electron chi connectivity index (χ2n) is 5.97. The Morgan fingerprint density at radius 2 is 1.81 bits per heavy atom. The SMILES string of the molecule is COc1cc(OC)c(C2=CCN(C(=O)c3cc(C)no3)CC2)c(OC)c1. The fourth-order valence-corrected chi connectivity index (χ4v) is 3.02. The summed E-state index contributed by atoms with van der Waals surface area (Å²) in [5.41, 5.74) is 2.65. The van der Waals surface area contributed by atoms with Crippen LogP contribution in [0.15, 0.2) is 28.8 Å². The molecule has 1 aromatic carbocycles. The summed E-state index contributed by atoms with van der Waals surface area (Å²) in [6.45, 7) is 2.84. The van der Waals surface area contributed by atoms with Crippen LogP contribution < -0.4 is 14.2 Å². The fourth-order valence-electron chi connectivity index (χ4n) is 3.02. The molecule has 2 aromatic rings. The number of ether oxygens (including phenoxy) is 3. The van der Waals surface area contributed by atoms with Crippen molar-refractivity contribution in [3.8, 4) is 17.2 Å². The van der Waals surface area contributed by atoms with Crippen LogP contribution in [0.25, 0.3) is 5.57 Å². The highest BCUT2D eigenvalue weighted by Crippen LogP contribution is 2.40. The van der Waals surface area contributed by atoms with E-state index in [-0.39, 0.29) is 11.7 Å². The Kier molecular flexibility index (Phi) is 5.16. The zero-order chi connectivity index (χ0) is 18.7. The number of methoxy groups -OCH3 is 3. The van der Waals surface area contributed by atoms with Gasteiger partial charge in [0, 0.05) is 31.3 Å². The number of benzene rings is 1. The van der Waals surface area contributed by atoms with E-state index in [0.29, 0.717) is 42.5 Å². The van der Waals surface area contributed by atoms with Crippen LogP contribution in [-0.4, -0.2) is 50.4 Å². The van der Waals surface area contributed by atoms with E-state index >= 15 is 0 Å². The van der Waals surface area contributed by atoms with Crippen LogP contribution in [0.3, 0.4) is 0 Å². The molecule has 1 aromatic heterocycles. The van der Waals surface area contributed by atoms with Crippen molar-refractivity contribution in [2.75, 3.05) is 34.4 Å². The van der Waals surface area contributed by atoms with Crippen LogP contribution in [-0.2, 0) is 0 Å². The summed E-state index contributed by atoms with van der Waals surface area (Å²) in [6.07, 6.45) is 2.69. The van der Waals surface area contributed by atoms with Crippen molar-refractivity contribution in [2.24, 2.45) is 0 Å². The molecular weight excluding hydrogens is 336 g/mol. The molecule has 0 saturated carbocycles. The number of aromatic nitrogens is 1. The Morgan fingerprint density at radius 1 is 1.12 bits per heavy atom. The molecule has 0 fully saturated rings. The Balaban J connectivity index is 1.86. The number of nitrogens with zero attached hydrogens (tertiary/aromatic N) is 2. The molecule has 3 rings (SSSR count). The smallest absolute Gasteiger partial charge is 0.292 e. The van der Waals surface area contributed by atoms with Gasteiger partial charge in [-0.05, 0) is 18.9 Å². The maximum atomic E-state index is 12.5. The quantitative estimate of drug-likeness (QED) is 0.818. The summed E-state index contributed by atoms with van der Waals surface area (Å²) in [4.78, 5) is 14.2. The molecule has 0 bridgehead atoms. The highest BCUT2D eigenvalue weighted by molar-refractivity contribution is 5.92. The summed E-state index contributed by atoms with van der Waals surface area (Å²) in [6, 6.07) is 5.30. The van der Waals surface area contributed by atoms with Crippen LogP contribution in [0.4, 0.5) is 0 Å². The zero-order valence-corrected chi connectivity index (χ0v) is 15.4. The molecular formula is C19H22N2O5. The second-order valence-corrected chi connectivity index (χ2v) is 5.97. The monoisotopic (exact) mass is 358 g/mol. The van der Waals surface area contributed by atoms with E-state index in [2.05, 4.69) is 5.16 Å². The average Bonchev–Trinajstić information content (AvgIpc) is 3.12. The van der Waals surface area contributed by atoms with E-state index in [1.807, 2.05) is 18.2 Å². The lowest BCUT2D eigenvalue weighted by Crippen LogP contribution is -2.34. The summed E-state index contributed by atoms with van der Waals surface area (Å²) in [7, 11) is 4.83. The highest BCUT2D eigenvalue weighted by atomic mass is 16.5. The molecule has 0 N–H and O–H groups in total. The summed E-state index contributed by atoms with van der Waals surface area (Å²) < 4.78 is 21.4. The van der Waals surface area contributed by atoms with Gasteiger partial charge in [-0.2, -0.15) is 0 Å². The van der Waals surface area contributed by atoms with Crippen molar-refractivity contribution in [3.63, 3.8) is 0 Å². The lowest BCUT2D eigenvalue weighted by atomic mass is 9.97. The Hall–Kier alpha value is -2.96. The van der Waals surface area contributed by atoms with Gasteiger partial charge in [-0.3, -0.25) is 4.79 Å². The minimum Gasteiger partial charge on any atom is -0.496 e. The Bertz CT molecular complexity index is 815. The normalized spacial score (nSPS) is 14.0. The number of rotatable bonds is 5. The molecule has 0 atom stereocenters. The molecule has 1 aliphatic heterocycles. The van der Waals surface area contributed by atoms with Gasteiger partial charge in [-0.15, -0.1) is 0 Å². The van der Waals surface area contributed by atoms with Crippen LogP contribution in [0.2, 0.25) is 0 Å². The third-order valence-corrected chi connectivity index (χ3v) is 4.37. The minimum absolute atomic E-state index is 0.158. The molecule has 2 heterocycles. The highest BCUT2D eigenvalue weighted by Gasteiger charge is 2.25. The number of amides is 1. The third-order valence-electron chi connectivity index (χ3n) is 4.37. The lowest BCUT2D eigenvalue weighted by molar-refractivity contribution is 0.0731. The lowest BCUT2D eigenvalue weighted by Gasteiger charge is -2.27. The zero-order valence-electron chi connectivity index (χ0n) is 15.4. The first-order valence-corrected chi connectivity index (χ1v) is 8.29. The first kappa shape index (κ1) is 17.8. The van der Waals surface area contributed by atoms with Gasteiger partial charge in [0.25, 0.3) is 5.91 Å². The first-order chi connectivity index (χ1) is 12.6. The van der Waals surface area contributed by atoms with Gasteiger partial charge < -0.3 is 23.6 Å². The van der Waals surface area contributed by atoms with E-state index in [9.17, 15) is 4.79 Å². The van der Waals surface area contributed by atoms with E-state index < -0.39 is 0 Å². The molecule has 138 valence electrons. The summed E-state index contributed by atoms with van der Waals surface area (Å²) in [5, 5.41) is 3.77. The topological polar surface area (TPSA) is 74.0 Å². The molecule has 1 aliphatic rings. The largest absolute Gasteiger partial charge is 0.496 e. The van der Waals surface area contributed by atoms with Crippen molar-refractivity contribution >= 4 is 11.5 Å². The van der Waals surface area contributed by atoms with Crippen molar-refractivity contribution in [2.45, 2.75) is 13.3 Å². The first-order valence-electron chi connectivity index (χ1n) is 8.29. The number of hydrogen-bond donors (Lipinski definition) is 0. The van der Waals surface area contributed by atoms with Crippen LogP contribution >= 0.6 is 0 Å². The van der Waals surface area contributed by atoms with Crippen molar-refractivity contribution in [1.82, 2.24) is 10.1 Å². The van der Waals surface area contributed by atoms with Gasteiger partial charge in [-0.25, -0.2) is 0 Å². The average molecular weight is 358 g/mol. The maximum Gasteiger partial charge on any atom is 0.292 e. The second kappa shape index (κ2) is 7.51. The van der Waals surface area contributed by atoms with E-state index in [4.69, 9.17) is 18.7 Å². The van der Waals surface area contributed by atoms with Gasteiger partial charge >= 0.3 is 0 Å². The molecule has 0 radical (unpaired) electrons. The van der Waals surface area contributed by atoms with Gasteiger partial charge in [0.2, 0.25) is 5.76 Å². The minimum atomic E-state index is -0.158. The molecule has 26 heavy (non-hydrogen) atoms. The molecule has 0 spiro atoms. The summed E-state index contributed by atoms with van der Waals surface area (Å²) >= 11 is 0. The number of aryl methyl sites for hydroxylation is 1. The molecule has 1 amide bonds. The van der Waals surface area contributed by atoms with Crippen molar-refractivity contribution in [3.05, 3.63) is 41.3 Å². The predicted octanol–water partition coefficient (Wildman–Crippen LogP) is 2.94. The number of carbonyl (C=O) groups is 1. The Labute approximate surface area is 152 Å². The van der Waals surface area contributed by atoms with Crippen molar-refractivity contribution in [1.29, 1.82) is 0 Å². The molecule has 7 heteroatoms. The van der Waals surface area contributed by atoms with Crippen LogP contribution in [0.1, 0.15) is 28.2 Å². The van der Waals surface area contributed by atoms with E-state index in [1.54, 1.807) is 39.2 Å². The maximum absolute atomic E-state index is 12.5. The molecule has 0 aliphatic carbocycles. The van der Waals surface area contributed by atoms with Gasteiger partial charge in [0.1, 0.15) is 17.2 Å².